The number of hydrogen-bond acceptors (Lipinski definition) is 6. The van der Waals surface area contributed by atoms with Crippen molar-refractivity contribution >= 4 is 29.1 Å². The molecule has 2 heterocycles. The molecule has 0 saturated carbocycles. The standard InChI is InChI=1S/C14H11ClFN7O3/c15-11-2-1-3-12(16)10(11)6-22-8-17-14(20-22)19-13(24)7-21-5-9(4-18-21)23(25)26/h1-5,8H,6-7H2,(H,19,20,24). The van der Waals surface area contributed by atoms with Crippen LogP contribution in [0, 0.1) is 15.9 Å². The third-order valence-corrected chi connectivity index (χ3v) is 3.66. The Bertz CT molecular complexity index is 951. The van der Waals surface area contributed by atoms with Crippen LogP contribution >= 0.6 is 11.6 Å². The number of aromatic nitrogens is 5. The van der Waals surface area contributed by atoms with Gasteiger partial charge in [-0.3, -0.25) is 24.9 Å². The second-order valence-electron chi connectivity index (χ2n) is 5.17. The minimum atomic E-state index is -0.613. The third-order valence-electron chi connectivity index (χ3n) is 3.31. The molecule has 0 aliphatic heterocycles. The van der Waals surface area contributed by atoms with E-state index in [0.717, 1.165) is 17.1 Å². The number of nitro groups is 1. The second-order valence-corrected chi connectivity index (χ2v) is 5.57. The van der Waals surface area contributed by atoms with Crippen molar-refractivity contribution < 1.29 is 14.1 Å². The van der Waals surface area contributed by atoms with Crippen molar-refractivity contribution in [2.75, 3.05) is 5.32 Å². The first-order valence-corrected chi connectivity index (χ1v) is 7.59. The molecule has 0 unspecified atom stereocenters. The predicted octanol–water partition coefficient (Wildman–Crippen LogP) is 1.86. The zero-order valence-electron chi connectivity index (χ0n) is 13.0. The van der Waals surface area contributed by atoms with Crippen molar-refractivity contribution in [2.45, 2.75) is 13.1 Å². The van der Waals surface area contributed by atoms with Gasteiger partial charge in [0, 0.05) is 10.6 Å². The molecule has 12 heteroatoms. The fraction of sp³-hybridized carbons (Fsp3) is 0.143. The Hall–Kier alpha value is -3.34. The van der Waals surface area contributed by atoms with Crippen LogP contribution in [-0.2, 0) is 17.9 Å². The molecule has 3 rings (SSSR count). The number of nitrogens with zero attached hydrogens (tertiary/aromatic N) is 6. The minimum Gasteiger partial charge on any atom is -0.292 e. The quantitative estimate of drug-likeness (QED) is 0.515. The van der Waals surface area contributed by atoms with Crippen LogP contribution in [0.3, 0.4) is 0 Å². The maximum atomic E-state index is 13.8. The van der Waals surface area contributed by atoms with Gasteiger partial charge in [0.25, 0.3) is 0 Å². The average molecular weight is 380 g/mol. The Morgan fingerprint density at radius 3 is 2.88 bits per heavy atom. The Morgan fingerprint density at radius 2 is 2.19 bits per heavy atom. The summed E-state index contributed by atoms with van der Waals surface area (Å²) < 4.78 is 16.2. The monoisotopic (exact) mass is 379 g/mol. The van der Waals surface area contributed by atoms with Gasteiger partial charge in [-0.1, -0.05) is 17.7 Å². The second kappa shape index (κ2) is 7.27. The van der Waals surface area contributed by atoms with Crippen LogP contribution in [0.15, 0.2) is 36.9 Å². The molecule has 0 atom stereocenters. The van der Waals surface area contributed by atoms with Crippen molar-refractivity contribution in [2.24, 2.45) is 0 Å². The number of anilines is 1. The Labute approximate surface area is 150 Å². The highest BCUT2D eigenvalue weighted by Gasteiger charge is 2.13. The van der Waals surface area contributed by atoms with Crippen molar-refractivity contribution in [1.82, 2.24) is 24.5 Å². The fourth-order valence-electron chi connectivity index (χ4n) is 2.12. The number of nitrogens with one attached hydrogen (secondary N) is 1. The number of carbonyl (C=O) groups is 1. The first kappa shape index (κ1) is 17.5. The molecule has 0 fully saturated rings. The van der Waals surface area contributed by atoms with E-state index < -0.39 is 16.6 Å². The van der Waals surface area contributed by atoms with Crippen molar-refractivity contribution in [3.8, 4) is 0 Å². The van der Waals surface area contributed by atoms with Gasteiger partial charge in [0.05, 0.1) is 11.5 Å². The van der Waals surface area contributed by atoms with E-state index >= 15 is 0 Å². The molecule has 3 aromatic rings. The number of benzene rings is 1. The highest BCUT2D eigenvalue weighted by atomic mass is 35.5. The van der Waals surface area contributed by atoms with Crippen LogP contribution in [0.25, 0.3) is 0 Å². The van der Waals surface area contributed by atoms with E-state index in [2.05, 4.69) is 20.5 Å². The van der Waals surface area contributed by atoms with Crippen LogP contribution in [-0.4, -0.2) is 35.4 Å². The Morgan fingerprint density at radius 1 is 1.38 bits per heavy atom. The van der Waals surface area contributed by atoms with E-state index in [0.29, 0.717) is 0 Å². The van der Waals surface area contributed by atoms with Gasteiger partial charge in [-0.15, -0.1) is 5.10 Å². The molecule has 0 spiro atoms. The van der Waals surface area contributed by atoms with Gasteiger partial charge in [-0.2, -0.15) is 5.10 Å². The van der Waals surface area contributed by atoms with E-state index in [-0.39, 0.29) is 35.3 Å². The number of amides is 1. The van der Waals surface area contributed by atoms with E-state index in [1.807, 2.05) is 0 Å². The zero-order valence-corrected chi connectivity index (χ0v) is 13.8. The molecule has 1 aromatic carbocycles. The average Bonchev–Trinajstić information content (AvgIpc) is 3.21. The fourth-order valence-corrected chi connectivity index (χ4v) is 2.34. The molecule has 0 bridgehead atoms. The molecule has 2 aromatic heterocycles. The molecule has 10 nitrogen and oxygen atoms in total. The van der Waals surface area contributed by atoms with Crippen LogP contribution < -0.4 is 5.32 Å². The van der Waals surface area contributed by atoms with E-state index in [9.17, 15) is 19.3 Å². The SMILES string of the molecule is O=C(Cn1cc([N+](=O)[O-])cn1)Nc1ncn(Cc2c(F)cccc2Cl)n1. The van der Waals surface area contributed by atoms with Gasteiger partial charge in [0.2, 0.25) is 11.9 Å². The molecule has 1 amide bonds. The third kappa shape index (κ3) is 4.00. The summed E-state index contributed by atoms with van der Waals surface area (Å²) in [6.45, 7) is -0.207. The minimum absolute atomic E-state index is 0.00381. The first-order valence-electron chi connectivity index (χ1n) is 7.21. The smallest absolute Gasteiger partial charge is 0.292 e. The maximum absolute atomic E-state index is 13.8. The van der Waals surface area contributed by atoms with Crippen molar-refractivity contribution in [1.29, 1.82) is 0 Å². The first-order chi connectivity index (χ1) is 12.4. The Kier molecular flexibility index (Phi) is 4.89. The number of rotatable bonds is 6. The summed E-state index contributed by atoms with van der Waals surface area (Å²) in [5.74, 6) is -0.993. The van der Waals surface area contributed by atoms with E-state index in [4.69, 9.17) is 11.6 Å². The van der Waals surface area contributed by atoms with Gasteiger partial charge in [0.1, 0.15) is 31.1 Å². The molecular formula is C14H11ClFN7O3. The van der Waals surface area contributed by atoms with Crippen LogP contribution in [0.4, 0.5) is 16.0 Å². The topological polar surface area (TPSA) is 121 Å². The van der Waals surface area contributed by atoms with Gasteiger partial charge in [0.15, 0.2) is 0 Å². The number of halogens is 2. The molecule has 26 heavy (non-hydrogen) atoms. The maximum Gasteiger partial charge on any atom is 0.307 e. The lowest BCUT2D eigenvalue weighted by atomic mass is 10.2. The zero-order chi connectivity index (χ0) is 18.7. The summed E-state index contributed by atoms with van der Waals surface area (Å²) in [6, 6.07) is 4.33. The molecule has 1 N–H and O–H groups in total. The largest absolute Gasteiger partial charge is 0.307 e. The Balaban J connectivity index is 1.62. The van der Waals surface area contributed by atoms with Gasteiger partial charge >= 0.3 is 5.69 Å². The highest BCUT2D eigenvalue weighted by Crippen LogP contribution is 2.19. The van der Waals surface area contributed by atoms with Gasteiger partial charge in [-0.05, 0) is 12.1 Å². The lowest BCUT2D eigenvalue weighted by molar-refractivity contribution is -0.385. The molecule has 0 aliphatic carbocycles. The van der Waals surface area contributed by atoms with Gasteiger partial charge < -0.3 is 0 Å². The van der Waals surface area contributed by atoms with Crippen LogP contribution in [0.2, 0.25) is 5.02 Å². The molecule has 134 valence electrons. The predicted molar refractivity (Wildman–Crippen MR) is 88.0 cm³/mol. The summed E-state index contributed by atoms with van der Waals surface area (Å²) in [5.41, 5.74) is 0.0303. The summed E-state index contributed by atoms with van der Waals surface area (Å²) in [7, 11) is 0. The summed E-state index contributed by atoms with van der Waals surface area (Å²) in [4.78, 5) is 25.8. The summed E-state index contributed by atoms with van der Waals surface area (Å²) >= 11 is 5.96. The molecular weight excluding hydrogens is 369 g/mol. The number of carbonyl (C=O) groups excluding carboxylic acids is 1. The normalized spacial score (nSPS) is 10.7. The lowest BCUT2D eigenvalue weighted by Crippen LogP contribution is -2.20. The van der Waals surface area contributed by atoms with Crippen molar-refractivity contribution in [3.63, 3.8) is 0 Å². The van der Waals surface area contributed by atoms with Crippen LogP contribution in [0.5, 0.6) is 0 Å². The summed E-state index contributed by atoms with van der Waals surface area (Å²) in [5, 5.41) is 21.0. The van der Waals surface area contributed by atoms with E-state index in [1.165, 1.54) is 23.1 Å². The molecule has 0 radical (unpaired) electrons. The highest BCUT2D eigenvalue weighted by molar-refractivity contribution is 6.31. The van der Waals surface area contributed by atoms with E-state index in [1.54, 1.807) is 6.07 Å². The van der Waals surface area contributed by atoms with Crippen molar-refractivity contribution in [3.05, 3.63) is 63.4 Å². The lowest BCUT2D eigenvalue weighted by Gasteiger charge is -2.05. The van der Waals surface area contributed by atoms with Crippen LogP contribution in [0.1, 0.15) is 5.56 Å². The number of hydrogen-bond donors (Lipinski definition) is 1. The molecule has 0 saturated heterocycles. The molecule has 0 aliphatic rings. The summed E-state index contributed by atoms with van der Waals surface area (Å²) in [6.07, 6.45) is 3.49. The van der Waals surface area contributed by atoms with Gasteiger partial charge in [-0.25, -0.2) is 14.1 Å².